The van der Waals surface area contributed by atoms with Gasteiger partial charge in [0.15, 0.2) is 5.76 Å². The van der Waals surface area contributed by atoms with Crippen molar-refractivity contribution in [2.24, 2.45) is 0 Å². The number of furan rings is 1. The Morgan fingerprint density at radius 1 is 1.44 bits per heavy atom. The maximum absolute atomic E-state index is 11.9. The zero-order chi connectivity index (χ0) is 12.5. The third kappa shape index (κ3) is 2.18. The lowest BCUT2D eigenvalue weighted by Gasteiger charge is -1.99. The van der Waals surface area contributed by atoms with Crippen LogP contribution in [0.25, 0.3) is 0 Å². The predicted molar refractivity (Wildman–Crippen MR) is 72.6 cm³/mol. The maximum Gasteiger partial charge on any atom is 0.291 e. The molecule has 0 aromatic carbocycles. The van der Waals surface area contributed by atoms with Crippen LogP contribution in [0.4, 0.5) is 5.00 Å². The third-order valence-corrected chi connectivity index (χ3v) is 4.42. The number of rotatable bonds is 3. The highest BCUT2D eigenvalue weighted by Gasteiger charge is 2.17. The van der Waals surface area contributed by atoms with E-state index in [1.165, 1.54) is 16.9 Å². The van der Waals surface area contributed by atoms with Gasteiger partial charge in [0.25, 0.3) is 5.91 Å². The average Bonchev–Trinajstić information content (AvgIpc) is 3.02. The number of amides is 1. The molecule has 0 radical (unpaired) electrons. The van der Waals surface area contributed by atoms with Crippen LogP contribution in [0.5, 0.6) is 0 Å². The van der Waals surface area contributed by atoms with Gasteiger partial charge in [-0.2, -0.15) is 0 Å². The molecule has 0 spiro atoms. The van der Waals surface area contributed by atoms with Crippen LogP contribution in [0.15, 0.2) is 22.6 Å². The SMILES string of the molecule is O=C(Nc1cc2c(s1)CCC2)c1ccc(CCl)o1. The smallest absolute Gasteiger partial charge is 0.291 e. The molecule has 3 nitrogen and oxygen atoms in total. The van der Waals surface area contributed by atoms with Gasteiger partial charge in [0.1, 0.15) is 5.76 Å². The molecule has 0 saturated heterocycles. The molecular formula is C13H12ClNO2S. The summed E-state index contributed by atoms with van der Waals surface area (Å²) in [4.78, 5) is 13.3. The zero-order valence-corrected chi connectivity index (χ0v) is 11.2. The Kier molecular flexibility index (Phi) is 3.14. The number of anilines is 1. The van der Waals surface area contributed by atoms with Crippen LogP contribution < -0.4 is 5.32 Å². The van der Waals surface area contributed by atoms with E-state index in [4.69, 9.17) is 16.0 Å². The van der Waals surface area contributed by atoms with Crippen LogP contribution in [0, 0.1) is 0 Å². The van der Waals surface area contributed by atoms with Crippen molar-refractivity contribution in [2.45, 2.75) is 25.1 Å². The summed E-state index contributed by atoms with van der Waals surface area (Å²) in [6.07, 6.45) is 3.48. The van der Waals surface area contributed by atoms with Crippen LogP contribution in [0.1, 0.15) is 33.2 Å². The van der Waals surface area contributed by atoms with Gasteiger partial charge >= 0.3 is 0 Å². The van der Waals surface area contributed by atoms with E-state index in [-0.39, 0.29) is 11.8 Å². The van der Waals surface area contributed by atoms with Gasteiger partial charge in [0, 0.05) is 4.88 Å². The van der Waals surface area contributed by atoms with E-state index in [0.29, 0.717) is 11.5 Å². The summed E-state index contributed by atoms with van der Waals surface area (Å²) in [5.41, 5.74) is 1.37. The molecule has 18 heavy (non-hydrogen) atoms. The first kappa shape index (κ1) is 11.8. The van der Waals surface area contributed by atoms with Crippen LogP contribution in [-0.2, 0) is 18.7 Å². The zero-order valence-electron chi connectivity index (χ0n) is 9.66. The Balaban J connectivity index is 1.73. The molecule has 0 aliphatic heterocycles. The minimum absolute atomic E-state index is 0.216. The molecule has 3 rings (SSSR count). The Hall–Kier alpha value is -1.26. The first-order valence-corrected chi connectivity index (χ1v) is 7.19. The van der Waals surface area contributed by atoms with E-state index >= 15 is 0 Å². The van der Waals surface area contributed by atoms with E-state index in [9.17, 15) is 4.79 Å². The Morgan fingerprint density at radius 2 is 2.33 bits per heavy atom. The van der Waals surface area contributed by atoms with Crippen molar-refractivity contribution in [3.63, 3.8) is 0 Å². The maximum atomic E-state index is 11.9. The van der Waals surface area contributed by atoms with Gasteiger partial charge in [0.05, 0.1) is 10.9 Å². The van der Waals surface area contributed by atoms with Gasteiger partial charge in [-0.05, 0) is 43.0 Å². The fraction of sp³-hybridized carbons (Fsp3) is 0.308. The van der Waals surface area contributed by atoms with Gasteiger partial charge in [-0.25, -0.2) is 0 Å². The highest BCUT2D eigenvalue weighted by atomic mass is 35.5. The van der Waals surface area contributed by atoms with E-state index in [1.54, 1.807) is 23.5 Å². The van der Waals surface area contributed by atoms with E-state index in [0.717, 1.165) is 17.8 Å². The lowest BCUT2D eigenvalue weighted by Crippen LogP contribution is -2.09. The van der Waals surface area contributed by atoms with E-state index in [2.05, 4.69) is 11.4 Å². The fourth-order valence-electron chi connectivity index (χ4n) is 2.14. The minimum Gasteiger partial charge on any atom is -0.455 e. The second kappa shape index (κ2) is 4.78. The Morgan fingerprint density at radius 3 is 3.06 bits per heavy atom. The topological polar surface area (TPSA) is 42.2 Å². The van der Waals surface area contributed by atoms with Gasteiger partial charge in [0.2, 0.25) is 0 Å². The average molecular weight is 282 g/mol. The molecule has 1 N–H and O–H groups in total. The molecule has 0 unspecified atom stereocenters. The number of aryl methyl sites for hydroxylation is 2. The van der Waals surface area contributed by atoms with E-state index < -0.39 is 0 Å². The summed E-state index contributed by atoms with van der Waals surface area (Å²) in [6, 6.07) is 5.43. The van der Waals surface area contributed by atoms with Crippen LogP contribution in [0.3, 0.4) is 0 Å². The number of hydrogen-bond acceptors (Lipinski definition) is 3. The van der Waals surface area contributed by atoms with Crippen molar-refractivity contribution < 1.29 is 9.21 Å². The quantitative estimate of drug-likeness (QED) is 0.869. The predicted octanol–water partition coefficient (Wildman–Crippen LogP) is 3.82. The number of hydrogen-bond donors (Lipinski definition) is 1. The van der Waals surface area contributed by atoms with Crippen molar-refractivity contribution in [3.05, 3.63) is 40.2 Å². The van der Waals surface area contributed by atoms with Gasteiger partial charge in [-0.15, -0.1) is 22.9 Å². The molecule has 2 aromatic heterocycles. The summed E-state index contributed by atoms with van der Waals surface area (Å²) in [6.45, 7) is 0. The lowest BCUT2D eigenvalue weighted by atomic mass is 10.3. The summed E-state index contributed by atoms with van der Waals surface area (Å²) in [5.74, 6) is 0.974. The molecule has 94 valence electrons. The first-order valence-electron chi connectivity index (χ1n) is 5.84. The van der Waals surface area contributed by atoms with Crippen LogP contribution >= 0.6 is 22.9 Å². The molecule has 2 heterocycles. The summed E-state index contributed by atoms with van der Waals surface area (Å²) < 4.78 is 5.30. The number of nitrogens with one attached hydrogen (secondary N) is 1. The first-order chi connectivity index (χ1) is 8.76. The van der Waals surface area contributed by atoms with Gasteiger partial charge in [-0.3, -0.25) is 4.79 Å². The minimum atomic E-state index is -0.216. The Labute approximate surface area is 114 Å². The second-order valence-electron chi connectivity index (χ2n) is 4.27. The molecule has 0 saturated carbocycles. The monoisotopic (exact) mass is 281 g/mol. The molecule has 1 amide bonds. The number of carbonyl (C=O) groups is 1. The van der Waals surface area contributed by atoms with Crippen molar-refractivity contribution in [1.29, 1.82) is 0 Å². The van der Waals surface area contributed by atoms with Crippen molar-refractivity contribution >= 4 is 33.8 Å². The van der Waals surface area contributed by atoms with Gasteiger partial charge in [-0.1, -0.05) is 0 Å². The standard InChI is InChI=1S/C13H12ClNO2S/c14-7-9-4-5-10(17-9)13(16)15-12-6-8-2-1-3-11(8)18-12/h4-6H,1-3,7H2,(H,15,16). The largest absolute Gasteiger partial charge is 0.455 e. The highest BCUT2D eigenvalue weighted by Crippen LogP contribution is 2.34. The molecule has 0 bridgehead atoms. The van der Waals surface area contributed by atoms with Crippen molar-refractivity contribution in [1.82, 2.24) is 0 Å². The molecule has 0 fully saturated rings. The lowest BCUT2D eigenvalue weighted by molar-refractivity contribution is 0.0995. The third-order valence-electron chi connectivity index (χ3n) is 3.00. The van der Waals surface area contributed by atoms with Crippen LogP contribution in [-0.4, -0.2) is 5.91 Å². The number of fused-ring (bicyclic) bond motifs is 1. The Bertz CT molecular complexity index is 566. The molecule has 1 aliphatic rings. The number of alkyl halides is 1. The number of halogens is 1. The van der Waals surface area contributed by atoms with E-state index in [1.807, 2.05) is 0 Å². The normalized spacial score (nSPS) is 13.6. The summed E-state index contributed by atoms with van der Waals surface area (Å²) in [5, 5.41) is 3.76. The van der Waals surface area contributed by atoms with Crippen molar-refractivity contribution in [3.8, 4) is 0 Å². The fourth-order valence-corrected chi connectivity index (χ4v) is 3.43. The molecule has 2 aromatic rings. The summed E-state index contributed by atoms with van der Waals surface area (Å²) in [7, 11) is 0. The van der Waals surface area contributed by atoms with Crippen LogP contribution in [0.2, 0.25) is 0 Å². The van der Waals surface area contributed by atoms with Crippen molar-refractivity contribution in [2.75, 3.05) is 5.32 Å². The molecule has 0 atom stereocenters. The number of carbonyl (C=O) groups excluding carboxylic acids is 1. The second-order valence-corrected chi connectivity index (χ2v) is 5.67. The summed E-state index contributed by atoms with van der Waals surface area (Å²) >= 11 is 7.29. The highest BCUT2D eigenvalue weighted by molar-refractivity contribution is 7.16. The molecule has 1 aliphatic carbocycles. The molecule has 5 heteroatoms. The van der Waals surface area contributed by atoms with Gasteiger partial charge < -0.3 is 9.73 Å². The molecular weight excluding hydrogens is 270 g/mol. The number of thiophene rings is 1.